The van der Waals surface area contributed by atoms with Crippen molar-refractivity contribution in [2.45, 2.75) is 6.92 Å². The van der Waals surface area contributed by atoms with Crippen LogP contribution in [0.25, 0.3) is 11.0 Å². The molecule has 0 bridgehead atoms. The Bertz CT molecular complexity index is 605. The highest BCUT2D eigenvalue weighted by atomic mass is 35.5. The quantitative estimate of drug-likeness (QED) is 0.684. The number of phenolic OH excluding ortho intramolecular Hbond substituents is 1. The number of phenols is 1. The first-order valence-corrected chi connectivity index (χ1v) is 6.09. The highest BCUT2D eigenvalue weighted by molar-refractivity contribution is 6.18. The van der Waals surface area contributed by atoms with Crippen molar-refractivity contribution in [2.24, 2.45) is 5.92 Å². The van der Waals surface area contributed by atoms with Crippen molar-refractivity contribution in [1.29, 1.82) is 0 Å². The summed E-state index contributed by atoms with van der Waals surface area (Å²) in [6.07, 6.45) is 0. The lowest BCUT2D eigenvalue weighted by Gasteiger charge is -2.11. The van der Waals surface area contributed by atoms with E-state index in [4.69, 9.17) is 20.8 Å². The van der Waals surface area contributed by atoms with Gasteiger partial charge in [0.25, 0.3) is 0 Å². The molecule has 5 heteroatoms. The van der Waals surface area contributed by atoms with Gasteiger partial charge in [-0.2, -0.15) is 0 Å². The summed E-state index contributed by atoms with van der Waals surface area (Å²) < 4.78 is 10.5. The largest absolute Gasteiger partial charge is 0.504 e. The Morgan fingerprint density at radius 1 is 1.44 bits per heavy atom. The number of hydrogen-bond donors (Lipinski definition) is 1. The Hall–Kier alpha value is -1.68. The van der Waals surface area contributed by atoms with Crippen molar-refractivity contribution < 1.29 is 14.3 Å². The number of hydrogen-bond acceptors (Lipinski definition) is 4. The van der Waals surface area contributed by atoms with Crippen molar-refractivity contribution in [1.82, 2.24) is 0 Å². The van der Waals surface area contributed by atoms with Crippen LogP contribution in [0.4, 0.5) is 0 Å². The molecule has 0 aliphatic heterocycles. The lowest BCUT2D eigenvalue weighted by atomic mass is 10.2. The highest BCUT2D eigenvalue weighted by Crippen LogP contribution is 2.31. The van der Waals surface area contributed by atoms with Crippen LogP contribution in [0.15, 0.2) is 33.5 Å². The SMILES string of the molecule is CC(CCl)COc1cc2oc(=O)ccc2cc1O. The molecule has 0 aliphatic carbocycles. The van der Waals surface area contributed by atoms with Gasteiger partial charge in [-0.1, -0.05) is 6.92 Å². The van der Waals surface area contributed by atoms with Crippen molar-refractivity contribution in [3.63, 3.8) is 0 Å². The average molecular weight is 269 g/mol. The molecule has 0 saturated heterocycles. The molecule has 1 aromatic heterocycles. The van der Waals surface area contributed by atoms with Crippen LogP contribution in [0.1, 0.15) is 6.92 Å². The van der Waals surface area contributed by atoms with Gasteiger partial charge in [-0.3, -0.25) is 0 Å². The topological polar surface area (TPSA) is 59.7 Å². The van der Waals surface area contributed by atoms with E-state index in [1.54, 1.807) is 6.07 Å². The van der Waals surface area contributed by atoms with E-state index in [2.05, 4.69) is 0 Å². The molecule has 2 aromatic rings. The minimum Gasteiger partial charge on any atom is -0.504 e. The molecule has 1 atom stereocenters. The third-order valence-electron chi connectivity index (χ3n) is 2.49. The fourth-order valence-corrected chi connectivity index (χ4v) is 1.57. The first-order valence-electron chi connectivity index (χ1n) is 5.56. The zero-order chi connectivity index (χ0) is 13.1. The zero-order valence-corrected chi connectivity index (χ0v) is 10.6. The molecular weight excluding hydrogens is 256 g/mol. The Labute approximate surface area is 109 Å². The summed E-state index contributed by atoms with van der Waals surface area (Å²) in [6.45, 7) is 2.32. The normalized spacial score (nSPS) is 12.6. The van der Waals surface area contributed by atoms with Gasteiger partial charge in [0.2, 0.25) is 0 Å². The standard InChI is InChI=1S/C13H13ClO4/c1-8(6-14)7-17-12-5-11-9(4-10(12)15)2-3-13(16)18-11/h2-5,8,15H,6-7H2,1H3. The van der Waals surface area contributed by atoms with Crippen LogP contribution in [0.2, 0.25) is 0 Å². The van der Waals surface area contributed by atoms with E-state index >= 15 is 0 Å². The third-order valence-corrected chi connectivity index (χ3v) is 3.01. The van der Waals surface area contributed by atoms with Crippen LogP contribution >= 0.6 is 11.6 Å². The van der Waals surface area contributed by atoms with E-state index < -0.39 is 5.63 Å². The van der Waals surface area contributed by atoms with Crippen LogP contribution in [-0.4, -0.2) is 17.6 Å². The van der Waals surface area contributed by atoms with Gasteiger partial charge in [-0.05, 0) is 12.1 Å². The average Bonchev–Trinajstić information content (AvgIpc) is 2.36. The van der Waals surface area contributed by atoms with E-state index in [1.165, 1.54) is 18.2 Å². The van der Waals surface area contributed by atoms with E-state index in [1.807, 2.05) is 6.92 Å². The number of fused-ring (bicyclic) bond motifs is 1. The lowest BCUT2D eigenvalue weighted by Crippen LogP contribution is -2.09. The summed E-state index contributed by atoms with van der Waals surface area (Å²) in [5, 5.41) is 10.4. The number of rotatable bonds is 4. The van der Waals surface area contributed by atoms with Crippen LogP contribution < -0.4 is 10.4 Å². The van der Waals surface area contributed by atoms with Gasteiger partial charge in [-0.15, -0.1) is 11.6 Å². The Morgan fingerprint density at radius 3 is 2.94 bits per heavy atom. The molecule has 0 radical (unpaired) electrons. The predicted octanol–water partition coefficient (Wildman–Crippen LogP) is 2.75. The van der Waals surface area contributed by atoms with Gasteiger partial charge in [0.15, 0.2) is 11.5 Å². The summed E-state index contributed by atoms with van der Waals surface area (Å²) in [4.78, 5) is 11.1. The first kappa shape index (κ1) is 12.8. The number of halogens is 1. The summed E-state index contributed by atoms with van der Waals surface area (Å²) >= 11 is 5.67. The number of alkyl halides is 1. The maximum Gasteiger partial charge on any atom is 0.336 e. The van der Waals surface area contributed by atoms with E-state index in [0.717, 1.165) is 0 Å². The summed E-state index contributed by atoms with van der Waals surface area (Å²) in [5.74, 6) is 0.945. The van der Waals surface area contributed by atoms with Gasteiger partial charge >= 0.3 is 5.63 Å². The van der Waals surface area contributed by atoms with Crippen LogP contribution in [0.5, 0.6) is 11.5 Å². The zero-order valence-electron chi connectivity index (χ0n) is 9.85. The second kappa shape index (κ2) is 5.31. The molecule has 0 aliphatic rings. The highest BCUT2D eigenvalue weighted by Gasteiger charge is 2.09. The van der Waals surface area contributed by atoms with Crippen LogP contribution in [0.3, 0.4) is 0 Å². The second-order valence-corrected chi connectivity index (χ2v) is 4.49. The van der Waals surface area contributed by atoms with Gasteiger partial charge in [-0.25, -0.2) is 4.79 Å². The van der Waals surface area contributed by atoms with Gasteiger partial charge in [0.05, 0.1) is 6.61 Å². The summed E-state index contributed by atoms with van der Waals surface area (Å²) in [6, 6.07) is 5.90. The fraction of sp³-hybridized carbons (Fsp3) is 0.308. The maximum atomic E-state index is 11.1. The van der Waals surface area contributed by atoms with Crippen LogP contribution in [-0.2, 0) is 0 Å². The number of benzene rings is 1. The molecule has 0 saturated carbocycles. The molecule has 1 N–H and O–H groups in total. The predicted molar refractivity (Wildman–Crippen MR) is 69.5 cm³/mol. The molecule has 4 nitrogen and oxygen atoms in total. The van der Waals surface area contributed by atoms with E-state index in [-0.39, 0.29) is 17.4 Å². The van der Waals surface area contributed by atoms with Crippen molar-refractivity contribution in [2.75, 3.05) is 12.5 Å². The second-order valence-electron chi connectivity index (χ2n) is 4.18. The van der Waals surface area contributed by atoms with Gasteiger partial charge in [0.1, 0.15) is 5.58 Å². The number of aromatic hydroxyl groups is 1. The number of ether oxygens (including phenoxy) is 1. The third kappa shape index (κ3) is 2.76. The molecule has 1 unspecified atom stereocenters. The van der Waals surface area contributed by atoms with Gasteiger partial charge in [0, 0.05) is 29.3 Å². The minimum absolute atomic E-state index is 0.0121. The van der Waals surface area contributed by atoms with Crippen molar-refractivity contribution in [3.8, 4) is 11.5 Å². The Balaban J connectivity index is 2.33. The maximum absolute atomic E-state index is 11.1. The molecular formula is C13H13ClO4. The summed E-state index contributed by atoms with van der Waals surface area (Å²) in [7, 11) is 0. The molecule has 1 aromatic carbocycles. The van der Waals surface area contributed by atoms with Gasteiger partial charge < -0.3 is 14.3 Å². The summed E-state index contributed by atoms with van der Waals surface area (Å²) in [5.41, 5.74) is -0.0536. The monoisotopic (exact) mass is 268 g/mol. The molecule has 0 spiro atoms. The molecule has 0 amide bonds. The molecule has 96 valence electrons. The molecule has 2 rings (SSSR count). The molecule has 0 fully saturated rings. The lowest BCUT2D eigenvalue weighted by molar-refractivity contribution is 0.261. The van der Waals surface area contributed by atoms with Crippen molar-refractivity contribution in [3.05, 3.63) is 34.7 Å². The smallest absolute Gasteiger partial charge is 0.336 e. The molecule has 18 heavy (non-hydrogen) atoms. The first-order chi connectivity index (χ1) is 8.60. The van der Waals surface area contributed by atoms with E-state index in [0.29, 0.717) is 23.5 Å². The minimum atomic E-state index is -0.437. The Kier molecular flexibility index (Phi) is 3.77. The van der Waals surface area contributed by atoms with E-state index in [9.17, 15) is 9.90 Å². The Morgan fingerprint density at radius 2 is 2.22 bits per heavy atom. The fourth-order valence-electron chi connectivity index (χ4n) is 1.48. The van der Waals surface area contributed by atoms with Crippen LogP contribution in [0, 0.1) is 5.92 Å². The molecule has 1 heterocycles. The van der Waals surface area contributed by atoms with Crippen molar-refractivity contribution >= 4 is 22.6 Å².